The van der Waals surface area contributed by atoms with Crippen LogP contribution in [0.3, 0.4) is 0 Å². The number of nitrogens with one attached hydrogen (secondary N) is 2. The molecular formula is C19H23N3O4S. The molecule has 1 amide bonds. The van der Waals surface area contributed by atoms with E-state index >= 15 is 0 Å². The van der Waals surface area contributed by atoms with E-state index in [4.69, 9.17) is 4.74 Å². The Bertz CT molecular complexity index is 971. The summed E-state index contributed by atoms with van der Waals surface area (Å²) in [6.45, 7) is 4.26. The summed E-state index contributed by atoms with van der Waals surface area (Å²) in [5.41, 5.74) is 0.234. The highest BCUT2D eigenvalue weighted by Gasteiger charge is 2.53. The van der Waals surface area contributed by atoms with Crippen molar-refractivity contribution in [1.29, 1.82) is 0 Å². The van der Waals surface area contributed by atoms with Crippen molar-refractivity contribution in [3.05, 3.63) is 26.6 Å². The number of amides is 1. The Morgan fingerprint density at radius 1 is 1.33 bits per heavy atom. The normalized spacial score (nSPS) is 21.1. The summed E-state index contributed by atoms with van der Waals surface area (Å²) in [6.07, 6.45) is 4.09. The zero-order valence-corrected chi connectivity index (χ0v) is 16.3. The first-order chi connectivity index (χ1) is 12.9. The molecule has 1 aliphatic heterocycles. The van der Waals surface area contributed by atoms with Gasteiger partial charge in [0.1, 0.15) is 16.3 Å². The van der Waals surface area contributed by atoms with Gasteiger partial charge in [0, 0.05) is 17.8 Å². The smallest absolute Gasteiger partial charge is 0.307 e. The van der Waals surface area contributed by atoms with Crippen molar-refractivity contribution in [2.45, 2.75) is 58.0 Å². The third kappa shape index (κ3) is 3.16. The lowest BCUT2D eigenvalue weighted by atomic mass is 9.85. The van der Waals surface area contributed by atoms with Gasteiger partial charge in [-0.05, 0) is 45.1 Å². The second-order valence-corrected chi connectivity index (χ2v) is 8.72. The van der Waals surface area contributed by atoms with Crippen molar-refractivity contribution in [2.75, 3.05) is 6.54 Å². The fourth-order valence-corrected chi connectivity index (χ4v) is 5.34. The minimum Gasteiger partial charge on any atom is -0.458 e. The summed E-state index contributed by atoms with van der Waals surface area (Å²) in [4.78, 5) is 45.9. The molecule has 1 spiro atoms. The highest BCUT2D eigenvalue weighted by molar-refractivity contribution is 7.18. The molecule has 144 valence electrons. The zero-order valence-electron chi connectivity index (χ0n) is 15.5. The van der Waals surface area contributed by atoms with Gasteiger partial charge in [-0.25, -0.2) is 4.98 Å². The van der Waals surface area contributed by atoms with Crippen molar-refractivity contribution in [3.63, 3.8) is 0 Å². The second-order valence-electron chi connectivity index (χ2n) is 7.52. The van der Waals surface area contributed by atoms with Crippen LogP contribution in [0.25, 0.3) is 10.2 Å². The Morgan fingerprint density at radius 2 is 2.07 bits per heavy atom. The minimum atomic E-state index is -0.599. The van der Waals surface area contributed by atoms with E-state index in [-0.39, 0.29) is 23.9 Å². The summed E-state index contributed by atoms with van der Waals surface area (Å²) >= 11 is 1.51. The molecule has 2 fully saturated rings. The number of carbonyl (C=O) groups is 2. The summed E-state index contributed by atoms with van der Waals surface area (Å²) in [7, 11) is 0. The number of H-pyrrole nitrogens is 1. The van der Waals surface area contributed by atoms with Gasteiger partial charge in [-0.15, -0.1) is 11.3 Å². The molecule has 3 heterocycles. The fourth-order valence-electron chi connectivity index (χ4n) is 4.29. The van der Waals surface area contributed by atoms with E-state index < -0.39 is 11.5 Å². The second kappa shape index (κ2) is 6.74. The van der Waals surface area contributed by atoms with Crippen LogP contribution in [0.15, 0.2) is 4.79 Å². The summed E-state index contributed by atoms with van der Waals surface area (Å²) < 4.78 is 5.53. The lowest BCUT2D eigenvalue weighted by molar-refractivity contribution is -0.149. The third-order valence-electron chi connectivity index (χ3n) is 5.84. The number of fused-ring (bicyclic) bond motifs is 1. The number of thiophene rings is 1. The molecule has 2 aromatic rings. The van der Waals surface area contributed by atoms with E-state index in [2.05, 4.69) is 15.3 Å². The van der Waals surface area contributed by atoms with Crippen LogP contribution in [0, 0.1) is 19.8 Å². The van der Waals surface area contributed by atoms with Crippen molar-refractivity contribution >= 4 is 33.4 Å². The molecule has 27 heavy (non-hydrogen) atoms. The molecule has 7 nitrogen and oxygen atoms in total. The van der Waals surface area contributed by atoms with Crippen LogP contribution in [0.2, 0.25) is 0 Å². The van der Waals surface area contributed by atoms with Gasteiger partial charge in [-0.1, -0.05) is 0 Å². The van der Waals surface area contributed by atoms with Crippen LogP contribution in [0.1, 0.15) is 48.4 Å². The molecule has 0 radical (unpaired) electrons. The highest BCUT2D eigenvalue weighted by atomic mass is 32.1. The summed E-state index contributed by atoms with van der Waals surface area (Å²) in [5, 5.41) is 3.55. The zero-order chi connectivity index (χ0) is 19.2. The first-order valence-corrected chi connectivity index (χ1v) is 10.2. The fraction of sp³-hybridized carbons (Fsp3) is 0.579. The molecular weight excluding hydrogens is 366 g/mol. The van der Waals surface area contributed by atoms with Crippen LogP contribution in [0.4, 0.5) is 0 Å². The Morgan fingerprint density at radius 3 is 2.81 bits per heavy atom. The largest absolute Gasteiger partial charge is 0.458 e. The van der Waals surface area contributed by atoms with Crippen LogP contribution in [0.5, 0.6) is 0 Å². The lowest BCUT2D eigenvalue weighted by Gasteiger charge is -2.27. The first kappa shape index (κ1) is 18.2. The molecule has 1 aliphatic carbocycles. The Hall–Kier alpha value is -2.22. The van der Waals surface area contributed by atoms with Crippen LogP contribution >= 0.6 is 11.3 Å². The molecule has 0 bridgehead atoms. The number of rotatable bonds is 4. The standard InChI is InChI=1S/C19H23N3O4S/c1-10-11(2)27-18-15(10)17(25)21-13(22-18)5-8-20-16(24)12-9-14(23)26-19(12)6-3-4-7-19/h12H,3-9H2,1-2H3,(H,20,24)(H,21,22,25). The number of aromatic amines is 1. The van der Waals surface area contributed by atoms with Gasteiger partial charge < -0.3 is 15.0 Å². The van der Waals surface area contributed by atoms with E-state index in [1.54, 1.807) is 0 Å². The maximum atomic E-state index is 12.6. The molecule has 1 atom stereocenters. The summed E-state index contributed by atoms with van der Waals surface area (Å²) in [5.74, 6) is -0.279. The van der Waals surface area contributed by atoms with E-state index in [1.807, 2.05) is 13.8 Å². The predicted molar refractivity (Wildman–Crippen MR) is 102 cm³/mol. The predicted octanol–water partition coefficient (Wildman–Crippen LogP) is 2.14. The monoisotopic (exact) mass is 389 g/mol. The number of ether oxygens (including phenoxy) is 1. The van der Waals surface area contributed by atoms with Gasteiger partial charge in [0.25, 0.3) is 5.56 Å². The Balaban J connectivity index is 1.42. The quantitative estimate of drug-likeness (QED) is 0.780. The number of nitrogens with zero attached hydrogens (tertiary/aromatic N) is 1. The topological polar surface area (TPSA) is 101 Å². The van der Waals surface area contributed by atoms with Gasteiger partial charge in [-0.2, -0.15) is 0 Å². The van der Waals surface area contributed by atoms with E-state index in [0.717, 1.165) is 41.0 Å². The molecule has 0 aromatic carbocycles. The molecule has 1 saturated carbocycles. The average molecular weight is 389 g/mol. The van der Waals surface area contributed by atoms with Crippen molar-refractivity contribution in [2.24, 2.45) is 5.92 Å². The summed E-state index contributed by atoms with van der Waals surface area (Å²) in [6, 6.07) is 0. The number of carbonyl (C=O) groups excluding carboxylic acids is 2. The molecule has 1 saturated heterocycles. The maximum Gasteiger partial charge on any atom is 0.307 e. The van der Waals surface area contributed by atoms with Crippen molar-refractivity contribution in [1.82, 2.24) is 15.3 Å². The molecule has 1 unspecified atom stereocenters. The van der Waals surface area contributed by atoms with Crippen LogP contribution in [-0.4, -0.2) is 34.0 Å². The van der Waals surface area contributed by atoms with Crippen molar-refractivity contribution in [3.8, 4) is 0 Å². The molecule has 8 heteroatoms. The third-order valence-corrected chi connectivity index (χ3v) is 6.94. The maximum absolute atomic E-state index is 12.6. The Labute approximate surface area is 160 Å². The van der Waals surface area contributed by atoms with Gasteiger partial charge in [0.2, 0.25) is 5.91 Å². The van der Waals surface area contributed by atoms with E-state index in [0.29, 0.717) is 24.2 Å². The number of hydrogen-bond donors (Lipinski definition) is 2. The molecule has 2 aliphatic rings. The molecule has 2 N–H and O–H groups in total. The minimum absolute atomic E-state index is 0.136. The molecule has 2 aromatic heterocycles. The van der Waals surface area contributed by atoms with E-state index in [1.165, 1.54) is 11.3 Å². The highest BCUT2D eigenvalue weighted by Crippen LogP contribution is 2.45. The number of aromatic nitrogens is 2. The first-order valence-electron chi connectivity index (χ1n) is 9.38. The van der Waals surface area contributed by atoms with Gasteiger partial charge in [0.05, 0.1) is 17.7 Å². The number of hydrogen-bond acceptors (Lipinski definition) is 6. The lowest BCUT2D eigenvalue weighted by Crippen LogP contribution is -2.43. The van der Waals surface area contributed by atoms with Crippen LogP contribution < -0.4 is 10.9 Å². The molecule has 4 rings (SSSR count). The number of aryl methyl sites for hydroxylation is 2. The Kier molecular flexibility index (Phi) is 4.53. The van der Waals surface area contributed by atoms with Crippen molar-refractivity contribution < 1.29 is 14.3 Å². The van der Waals surface area contributed by atoms with E-state index in [9.17, 15) is 14.4 Å². The number of esters is 1. The average Bonchev–Trinajstić information content (AvgIpc) is 3.28. The SMILES string of the molecule is Cc1sc2nc(CCNC(=O)C3CC(=O)OC34CCCC4)[nH]c(=O)c2c1C. The van der Waals surface area contributed by atoms with Gasteiger partial charge >= 0.3 is 5.97 Å². The van der Waals surface area contributed by atoms with Gasteiger partial charge in [0.15, 0.2) is 0 Å². The van der Waals surface area contributed by atoms with Crippen LogP contribution in [-0.2, 0) is 20.7 Å². The van der Waals surface area contributed by atoms with Gasteiger partial charge in [-0.3, -0.25) is 14.4 Å².